The summed E-state index contributed by atoms with van der Waals surface area (Å²) in [6.07, 6.45) is 0. The highest BCUT2D eigenvalue weighted by molar-refractivity contribution is 5.94. The number of ketones is 1. The summed E-state index contributed by atoms with van der Waals surface area (Å²) in [6, 6.07) is 5.09. The van der Waals surface area contributed by atoms with E-state index in [4.69, 9.17) is 14.0 Å². The third-order valence-corrected chi connectivity index (χ3v) is 3.74. The number of hydrogen-bond donors (Lipinski definition) is 0. The first kappa shape index (κ1) is 18.7. The van der Waals surface area contributed by atoms with E-state index < -0.39 is 5.97 Å². The number of hydrogen-bond acceptors (Lipinski definition) is 6. The molecule has 0 atom stereocenters. The predicted molar refractivity (Wildman–Crippen MR) is 92.1 cm³/mol. The van der Waals surface area contributed by atoms with E-state index in [-0.39, 0.29) is 18.3 Å². The molecule has 0 saturated heterocycles. The van der Waals surface area contributed by atoms with E-state index in [0.29, 0.717) is 40.5 Å². The van der Waals surface area contributed by atoms with Crippen LogP contribution in [0.3, 0.4) is 0 Å². The zero-order chi connectivity index (χ0) is 18.6. The number of aromatic nitrogens is 1. The molecule has 0 spiro atoms. The van der Waals surface area contributed by atoms with Crippen molar-refractivity contribution in [1.82, 2.24) is 5.16 Å². The SMILES string of the molecule is CCOc1ccc(C(C)=O)cc1COC(=O)c1c(C)noc1C(C)C. The second-order valence-electron chi connectivity index (χ2n) is 6.05. The van der Waals surface area contributed by atoms with E-state index in [1.807, 2.05) is 20.8 Å². The van der Waals surface area contributed by atoms with E-state index in [1.165, 1.54) is 6.92 Å². The number of aryl methyl sites for hydroxylation is 1. The van der Waals surface area contributed by atoms with Crippen molar-refractivity contribution in [3.63, 3.8) is 0 Å². The lowest BCUT2D eigenvalue weighted by atomic mass is 10.1. The largest absolute Gasteiger partial charge is 0.493 e. The lowest BCUT2D eigenvalue weighted by molar-refractivity contribution is 0.0465. The number of carbonyl (C=O) groups excluding carboxylic acids is 2. The molecule has 0 radical (unpaired) electrons. The van der Waals surface area contributed by atoms with Gasteiger partial charge in [-0.2, -0.15) is 0 Å². The molecule has 2 rings (SSSR count). The fourth-order valence-corrected chi connectivity index (χ4v) is 2.45. The van der Waals surface area contributed by atoms with Gasteiger partial charge in [-0.05, 0) is 39.0 Å². The maximum atomic E-state index is 12.5. The molecule has 0 N–H and O–H groups in total. The lowest BCUT2D eigenvalue weighted by Gasteiger charge is -2.12. The predicted octanol–water partition coefficient (Wildman–Crippen LogP) is 4.06. The van der Waals surface area contributed by atoms with Crippen LogP contribution in [0.25, 0.3) is 0 Å². The Hall–Kier alpha value is -2.63. The molecule has 6 nitrogen and oxygen atoms in total. The van der Waals surface area contributed by atoms with Crippen molar-refractivity contribution in [3.8, 4) is 5.75 Å². The van der Waals surface area contributed by atoms with Crippen LogP contribution in [0.15, 0.2) is 22.7 Å². The van der Waals surface area contributed by atoms with Crippen LogP contribution >= 0.6 is 0 Å². The summed E-state index contributed by atoms with van der Waals surface area (Å²) >= 11 is 0. The minimum absolute atomic E-state index is 0.00254. The van der Waals surface area contributed by atoms with Crippen molar-refractivity contribution in [2.45, 2.75) is 47.1 Å². The second kappa shape index (κ2) is 7.96. The Morgan fingerprint density at radius 3 is 2.60 bits per heavy atom. The Balaban J connectivity index is 2.23. The molecule has 6 heteroatoms. The van der Waals surface area contributed by atoms with Gasteiger partial charge in [0.05, 0.1) is 12.3 Å². The number of benzene rings is 1. The van der Waals surface area contributed by atoms with Gasteiger partial charge in [0.1, 0.15) is 17.9 Å². The molecule has 0 unspecified atom stereocenters. The van der Waals surface area contributed by atoms with Crippen LogP contribution in [0.4, 0.5) is 0 Å². The number of carbonyl (C=O) groups is 2. The Morgan fingerprint density at radius 2 is 2.00 bits per heavy atom. The van der Waals surface area contributed by atoms with Crippen LogP contribution in [0, 0.1) is 6.92 Å². The van der Waals surface area contributed by atoms with Crippen LogP contribution in [0.5, 0.6) is 5.75 Å². The number of esters is 1. The molecule has 1 aromatic heterocycles. The van der Waals surface area contributed by atoms with Gasteiger partial charge in [0.2, 0.25) is 0 Å². The number of nitrogens with zero attached hydrogens (tertiary/aromatic N) is 1. The highest BCUT2D eigenvalue weighted by Gasteiger charge is 2.24. The molecule has 0 bridgehead atoms. The molecule has 1 aromatic carbocycles. The lowest BCUT2D eigenvalue weighted by Crippen LogP contribution is -2.10. The molecule has 0 amide bonds. The smallest absolute Gasteiger partial charge is 0.344 e. The average Bonchev–Trinajstić information content (AvgIpc) is 2.95. The highest BCUT2D eigenvalue weighted by atomic mass is 16.5. The van der Waals surface area contributed by atoms with E-state index >= 15 is 0 Å². The van der Waals surface area contributed by atoms with Crippen molar-refractivity contribution >= 4 is 11.8 Å². The molecular formula is C19H23NO5. The fraction of sp³-hybridized carbons (Fsp3) is 0.421. The molecule has 1 heterocycles. The highest BCUT2D eigenvalue weighted by Crippen LogP contribution is 2.25. The van der Waals surface area contributed by atoms with Gasteiger partial charge in [-0.25, -0.2) is 4.79 Å². The normalized spacial score (nSPS) is 10.8. The third-order valence-electron chi connectivity index (χ3n) is 3.74. The number of ether oxygens (including phenoxy) is 2. The Morgan fingerprint density at radius 1 is 1.28 bits per heavy atom. The number of Topliss-reactive ketones (excluding diaryl/α,β-unsaturated/α-hetero) is 1. The first-order valence-electron chi connectivity index (χ1n) is 8.25. The quantitative estimate of drug-likeness (QED) is 0.556. The number of rotatable bonds is 7. The molecular weight excluding hydrogens is 322 g/mol. The summed E-state index contributed by atoms with van der Waals surface area (Å²) < 4.78 is 16.2. The first-order chi connectivity index (χ1) is 11.8. The van der Waals surface area contributed by atoms with Gasteiger partial charge in [-0.1, -0.05) is 19.0 Å². The Bertz CT molecular complexity index is 776. The summed E-state index contributed by atoms with van der Waals surface area (Å²) in [7, 11) is 0. The van der Waals surface area contributed by atoms with Crippen LogP contribution in [-0.2, 0) is 11.3 Å². The summed E-state index contributed by atoms with van der Waals surface area (Å²) in [5, 5.41) is 3.85. The minimum Gasteiger partial charge on any atom is -0.493 e. The summed E-state index contributed by atoms with van der Waals surface area (Å²) in [5.74, 6) is 0.547. The maximum absolute atomic E-state index is 12.5. The van der Waals surface area contributed by atoms with Gasteiger partial charge >= 0.3 is 5.97 Å². The molecule has 0 saturated carbocycles. The van der Waals surface area contributed by atoms with Crippen LogP contribution in [0.2, 0.25) is 0 Å². The van der Waals surface area contributed by atoms with E-state index in [0.717, 1.165) is 0 Å². The van der Waals surface area contributed by atoms with Gasteiger partial charge in [-0.3, -0.25) is 4.79 Å². The summed E-state index contributed by atoms with van der Waals surface area (Å²) in [6.45, 7) is 9.36. The maximum Gasteiger partial charge on any atom is 0.344 e. The second-order valence-corrected chi connectivity index (χ2v) is 6.05. The first-order valence-corrected chi connectivity index (χ1v) is 8.25. The zero-order valence-corrected chi connectivity index (χ0v) is 15.2. The van der Waals surface area contributed by atoms with Gasteiger partial charge in [0.15, 0.2) is 11.5 Å². The van der Waals surface area contributed by atoms with Crippen LogP contribution < -0.4 is 4.74 Å². The molecule has 2 aromatic rings. The fourth-order valence-electron chi connectivity index (χ4n) is 2.45. The van der Waals surface area contributed by atoms with E-state index in [9.17, 15) is 9.59 Å². The van der Waals surface area contributed by atoms with Gasteiger partial charge in [0, 0.05) is 17.0 Å². The van der Waals surface area contributed by atoms with Gasteiger partial charge < -0.3 is 14.0 Å². The molecule has 0 aliphatic carbocycles. The molecule has 25 heavy (non-hydrogen) atoms. The molecule has 0 aliphatic rings. The average molecular weight is 345 g/mol. The summed E-state index contributed by atoms with van der Waals surface area (Å²) in [4.78, 5) is 24.1. The van der Waals surface area contributed by atoms with Crippen molar-refractivity contribution in [3.05, 3.63) is 46.3 Å². The Labute approximate surface area is 147 Å². The molecule has 134 valence electrons. The molecule has 0 aliphatic heterocycles. The summed E-state index contributed by atoms with van der Waals surface area (Å²) in [5.41, 5.74) is 2.04. The third kappa shape index (κ3) is 4.26. The topological polar surface area (TPSA) is 78.6 Å². The Kier molecular flexibility index (Phi) is 5.96. The van der Waals surface area contributed by atoms with Crippen molar-refractivity contribution in [1.29, 1.82) is 0 Å². The standard InChI is InChI=1S/C19H23NO5/c1-6-23-16-8-7-14(13(5)21)9-15(16)10-24-19(22)17-12(4)20-25-18(17)11(2)3/h7-9,11H,6,10H2,1-5H3. The van der Waals surface area contributed by atoms with Crippen molar-refractivity contribution in [2.75, 3.05) is 6.61 Å². The minimum atomic E-state index is -0.502. The van der Waals surface area contributed by atoms with Crippen LogP contribution in [-0.4, -0.2) is 23.5 Å². The van der Waals surface area contributed by atoms with Crippen molar-refractivity contribution in [2.24, 2.45) is 0 Å². The monoisotopic (exact) mass is 345 g/mol. The zero-order valence-electron chi connectivity index (χ0n) is 15.2. The van der Waals surface area contributed by atoms with Crippen LogP contribution in [0.1, 0.15) is 71.3 Å². The van der Waals surface area contributed by atoms with E-state index in [1.54, 1.807) is 25.1 Å². The van der Waals surface area contributed by atoms with E-state index in [2.05, 4.69) is 5.16 Å². The van der Waals surface area contributed by atoms with Crippen molar-refractivity contribution < 1.29 is 23.6 Å². The molecule has 0 fully saturated rings. The van der Waals surface area contributed by atoms with Gasteiger partial charge in [0.25, 0.3) is 0 Å². The van der Waals surface area contributed by atoms with Gasteiger partial charge in [-0.15, -0.1) is 0 Å².